The van der Waals surface area contributed by atoms with Crippen molar-refractivity contribution >= 4 is 68.8 Å². The van der Waals surface area contributed by atoms with Gasteiger partial charge in [-0.2, -0.15) is 0 Å². The minimum Gasteiger partial charge on any atom is -0.454 e. The van der Waals surface area contributed by atoms with Crippen molar-refractivity contribution in [3.8, 4) is 11.5 Å². The number of aromatic nitrogens is 3. The van der Waals surface area contributed by atoms with Gasteiger partial charge in [0.05, 0.1) is 22.3 Å². The summed E-state index contributed by atoms with van der Waals surface area (Å²) in [6, 6.07) is 12.3. The number of aryl methyl sites for hydroxylation is 1. The van der Waals surface area contributed by atoms with Crippen LogP contribution in [0.15, 0.2) is 57.9 Å². The second-order valence-corrected chi connectivity index (χ2v) is 15.9. The number of rotatable bonds is 7. The lowest BCUT2D eigenvalue weighted by Crippen LogP contribution is -2.54. The van der Waals surface area contributed by atoms with Crippen molar-refractivity contribution in [2.75, 3.05) is 54.8 Å². The fourth-order valence-electron chi connectivity index (χ4n) is 8.57. The average Bonchev–Trinajstić information content (AvgIpc) is 3.52. The maximum atomic E-state index is 13.4. The molecule has 3 amide bonds. The Hall–Kier alpha value is -5.80. The monoisotopic (exact) mass is 791 g/mol. The molecule has 0 saturated carbocycles. The first-order valence-electron chi connectivity index (χ1n) is 19.4. The average molecular weight is 792 g/mol. The summed E-state index contributed by atoms with van der Waals surface area (Å²) >= 11 is 6.26. The van der Waals surface area contributed by atoms with Gasteiger partial charge in [0.15, 0.2) is 28.4 Å². The molecule has 4 aliphatic rings. The summed E-state index contributed by atoms with van der Waals surface area (Å²) in [5, 5.41) is 2.90. The van der Waals surface area contributed by atoms with Gasteiger partial charge < -0.3 is 29.6 Å². The third-order valence-corrected chi connectivity index (χ3v) is 12.1. The lowest BCUT2D eigenvalue weighted by atomic mass is 9.94. The molecule has 5 aromatic rings. The number of amides is 3. The summed E-state index contributed by atoms with van der Waals surface area (Å²) in [7, 11) is 0. The number of carbonyl (C=O) groups excluding carboxylic acids is 3. The molecule has 0 spiro atoms. The highest BCUT2D eigenvalue weighted by atomic mass is 35.5. The second-order valence-electron chi connectivity index (χ2n) is 15.4. The van der Waals surface area contributed by atoms with Crippen LogP contribution >= 0.6 is 11.6 Å². The number of piperazine rings is 1. The van der Waals surface area contributed by atoms with Gasteiger partial charge in [-0.15, -0.1) is 0 Å². The third-order valence-electron chi connectivity index (χ3n) is 11.8. The van der Waals surface area contributed by atoms with Crippen LogP contribution in [-0.4, -0.2) is 93.8 Å². The molecule has 2 aromatic carbocycles. The van der Waals surface area contributed by atoms with Crippen molar-refractivity contribution in [1.29, 1.82) is 0 Å². The van der Waals surface area contributed by atoms with E-state index in [1.807, 2.05) is 19.1 Å². The van der Waals surface area contributed by atoms with E-state index in [0.29, 0.717) is 53.5 Å². The number of nitrogens with zero attached hydrogens (tertiary/aromatic N) is 7. The van der Waals surface area contributed by atoms with Crippen LogP contribution in [0.25, 0.3) is 22.1 Å². The van der Waals surface area contributed by atoms with Crippen molar-refractivity contribution in [3.63, 3.8) is 0 Å². The molecular formula is C41H42ClN9O6. The number of halogens is 1. The minimum absolute atomic E-state index is 0.0279. The van der Waals surface area contributed by atoms with Gasteiger partial charge in [-0.05, 0) is 68.9 Å². The number of benzene rings is 2. The molecule has 7 heterocycles. The van der Waals surface area contributed by atoms with E-state index in [0.717, 1.165) is 63.4 Å². The molecule has 2 atom stereocenters. The molecule has 3 aromatic heterocycles. The predicted octanol–water partition coefficient (Wildman–Crippen LogP) is 4.66. The summed E-state index contributed by atoms with van der Waals surface area (Å²) in [4.78, 5) is 73.0. The summed E-state index contributed by atoms with van der Waals surface area (Å²) < 4.78 is 12.1. The van der Waals surface area contributed by atoms with Crippen molar-refractivity contribution in [2.24, 2.45) is 5.92 Å². The van der Waals surface area contributed by atoms with Gasteiger partial charge in [-0.25, -0.2) is 15.0 Å². The van der Waals surface area contributed by atoms with E-state index in [1.165, 1.54) is 0 Å². The SMILES string of the molecule is Cc1nc(N2CCN(CC3CCN(c4ccc5c(c4)C(=O)N(C4CCC(=O)NC4=O)C5)CC3)[C@@H](C)C2)ncc1Oc1cc2oc3cccc(Cl)c3c(=O)c2nc1N. The van der Waals surface area contributed by atoms with E-state index in [-0.39, 0.29) is 56.7 Å². The highest BCUT2D eigenvalue weighted by Gasteiger charge is 2.39. The molecule has 4 aliphatic heterocycles. The van der Waals surface area contributed by atoms with Crippen LogP contribution in [0.5, 0.6) is 11.5 Å². The van der Waals surface area contributed by atoms with Crippen LogP contribution in [0.4, 0.5) is 17.5 Å². The summed E-state index contributed by atoms with van der Waals surface area (Å²) in [5.74, 6) is 1.04. The van der Waals surface area contributed by atoms with Gasteiger partial charge in [0, 0.05) is 75.6 Å². The van der Waals surface area contributed by atoms with Crippen molar-refractivity contribution in [3.05, 3.63) is 80.7 Å². The number of fused-ring (bicyclic) bond motifs is 3. The Morgan fingerprint density at radius 3 is 2.56 bits per heavy atom. The number of hydrogen-bond donors (Lipinski definition) is 2. The Balaban J connectivity index is 0.789. The highest BCUT2D eigenvalue weighted by molar-refractivity contribution is 6.35. The van der Waals surface area contributed by atoms with E-state index in [9.17, 15) is 19.2 Å². The Kier molecular flexibility index (Phi) is 9.44. The van der Waals surface area contributed by atoms with Crippen LogP contribution in [0.2, 0.25) is 5.02 Å². The molecule has 16 heteroatoms. The second kappa shape index (κ2) is 14.6. The molecule has 3 saturated heterocycles. The molecule has 0 aliphatic carbocycles. The Bertz CT molecular complexity index is 2520. The number of imide groups is 1. The van der Waals surface area contributed by atoms with Gasteiger partial charge >= 0.3 is 0 Å². The number of nitrogen functional groups attached to an aromatic ring is 1. The van der Waals surface area contributed by atoms with Crippen LogP contribution in [0.3, 0.4) is 0 Å². The Morgan fingerprint density at radius 1 is 0.965 bits per heavy atom. The topological polar surface area (TPSA) is 180 Å². The Morgan fingerprint density at radius 2 is 1.79 bits per heavy atom. The number of piperidine rings is 2. The largest absolute Gasteiger partial charge is 0.454 e. The molecule has 294 valence electrons. The number of pyridine rings is 1. The van der Waals surface area contributed by atoms with Gasteiger partial charge in [0.1, 0.15) is 11.6 Å². The van der Waals surface area contributed by atoms with Gasteiger partial charge in [-0.1, -0.05) is 23.7 Å². The van der Waals surface area contributed by atoms with Gasteiger partial charge in [-0.3, -0.25) is 29.4 Å². The molecule has 57 heavy (non-hydrogen) atoms. The first-order chi connectivity index (χ1) is 27.5. The molecule has 0 radical (unpaired) electrons. The Labute approximate surface area is 332 Å². The first-order valence-corrected chi connectivity index (χ1v) is 19.7. The fraction of sp³-hybridized carbons (Fsp3) is 0.390. The van der Waals surface area contributed by atoms with E-state index < -0.39 is 11.9 Å². The smallest absolute Gasteiger partial charge is 0.255 e. The summed E-state index contributed by atoms with van der Waals surface area (Å²) in [6.07, 6.45) is 4.34. The zero-order valence-corrected chi connectivity index (χ0v) is 32.4. The van der Waals surface area contributed by atoms with Crippen LogP contribution in [-0.2, 0) is 16.1 Å². The maximum absolute atomic E-state index is 13.4. The normalized spacial score (nSPS) is 20.8. The zero-order chi connectivity index (χ0) is 39.5. The number of nitrogens with two attached hydrogens (primary N) is 1. The maximum Gasteiger partial charge on any atom is 0.255 e. The standard InChI is InChI=1S/C41H42ClN9O6/c1-22-19-50(41-44-18-33(23(2)45-41)57-32-17-31-36(47-38(32)43)37(53)35-28(42)4-3-5-30(35)56-31)15-14-49(22)20-24-10-12-48(13-11-24)26-7-6-25-21-51(40(55)27(25)16-26)29-8-9-34(52)46-39(29)54/h3-7,16-18,22,24,29H,8-15,19-21H2,1-2H3,(H2,43,47)(H,46,52,54)/t22-,29?/m0/s1. The molecule has 0 bridgehead atoms. The molecule has 15 nitrogen and oxygen atoms in total. The van der Waals surface area contributed by atoms with Gasteiger partial charge in [0.2, 0.25) is 23.2 Å². The number of hydrogen-bond acceptors (Lipinski definition) is 13. The van der Waals surface area contributed by atoms with Crippen LogP contribution < -0.4 is 31.0 Å². The predicted molar refractivity (Wildman–Crippen MR) is 215 cm³/mol. The quantitative estimate of drug-likeness (QED) is 0.172. The van der Waals surface area contributed by atoms with E-state index in [1.54, 1.807) is 35.4 Å². The number of nitrogens with one attached hydrogen (secondary N) is 1. The number of anilines is 3. The zero-order valence-electron chi connectivity index (χ0n) is 31.7. The van der Waals surface area contributed by atoms with Crippen LogP contribution in [0, 0.1) is 12.8 Å². The molecule has 1 unspecified atom stereocenters. The van der Waals surface area contributed by atoms with Crippen molar-refractivity contribution in [1.82, 2.24) is 30.1 Å². The summed E-state index contributed by atoms with van der Waals surface area (Å²) in [6.45, 7) is 9.79. The first kappa shape index (κ1) is 36.8. The fourth-order valence-corrected chi connectivity index (χ4v) is 8.82. The van der Waals surface area contributed by atoms with Crippen molar-refractivity contribution in [2.45, 2.75) is 58.2 Å². The van der Waals surface area contributed by atoms with E-state index in [2.05, 4.69) is 43.0 Å². The third kappa shape index (κ3) is 6.88. The van der Waals surface area contributed by atoms with E-state index >= 15 is 0 Å². The molecular weight excluding hydrogens is 750 g/mol. The van der Waals surface area contributed by atoms with Crippen LogP contribution in [0.1, 0.15) is 54.2 Å². The molecule has 3 fully saturated rings. The summed E-state index contributed by atoms with van der Waals surface area (Å²) in [5.41, 5.74) is 9.73. The molecule has 9 rings (SSSR count). The minimum atomic E-state index is -0.611. The van der Waals surface area contributed by atoms with Gasteiger partial charge in [0.25, 0.3) is 5.91 Å². The van der Waals surface area contributed by atoms with E-state index in [4.69, 9.17) is 31.5 Å². The number of carbonyl (C=O) groups is 3. The lowest BCUT2D eigenvalue weighted by molar-refractivity contribution is -0.136. The lowest BCUT2D eigenvalue weighted by Gasteiger charge is -2.43. The molecule has 3 N–H and O–H groups in total. The van der Waals surface area contributed by atoms with Crippen molar-refractivity contribution < 1.29 is 23.5 Å². The number of ether oxygens (including phenoxy) is 1. The highest BCUT2D eigenvalue weighted by Crippen LogP contribution is 2.35.